The lowest BCUT2D eigenvalue weighted by Crippen LogP contribution is -2.23. The van der Waals surface area contributed by atoms with Crippen LogP contribution in [0.15, 0.2) is 76.7 Å². The van der Waals surface area contributed by atoms with Crippen LogP contribution in [0.5, 0.6) is 5.75 Å². The number of halogens is 1. The van der Waals surface area contributed by atoms with E-state index < -0.39 is 0 Å². The third-order valence-corrected chi connectivity index (χ3v) is 8.61. The minimum absolute atomic E-state index is 0.215. The Balaban J connectivity index is 1.21. The van der Waals surface area contributed by atoms with E-state index in [1.54, 1.807) is 18.3 Å². The van der Waals surface area contributed by atoms with E-state index in [0.29, 0.717) is 30.0 Å². The van der Waals surface area contributed by atoms with Crippen molar-refractivity contribution in [2.45, 2.75) is 22.8 Å². The lowest BCUT2D eigenvalue weighted by Gasteiger charge is -2.12. The standard InChI is InChI=1S/C29H27ClN4O3S2/c1-34(2)14-5-15-37-19-10-8-18(9-11-19)29-32-17-20(38-29)16-31-27(35)22-12-13-24-26(25(22)30)33-28(36)21-6-3-4-7-23(21)39-24/h3-4,6-13,17H,5,14-16H2,1-2H3,(H,31,35)(H,33,36). The first-order valence-corrected chi connectivity index (χ1v) is 14.4. The molecule has 4 aromatic rings. The van der Waals surface area contributed by atoms with E-state index in [9.17, 15) is 9.59 Å². The van der Waals surface area contributed by atoms with Gasteiger partial charge in [-0.05, 0) is 69.0 Å². The zero-order valence-corrected chi connectivity index (χ0v) is 23.9. The number of rotatable bonds is 9. The Kier molecular flexibility index (Phi) is 8.52. The van der Waals surface area contributed by atoms with Crippen molar-refractivity contribution < 1.29 is 14.3 Å². The van der Waals surface area contributed by atoms with E-state index in [1.807, 2.05) is 62.6 Å². The average molecular weight is 579 g/mol. The first-order chi connectivity index (χ1) is 18.9. The van der Waals surface area contributed by atoms with Crippen LogP contribution < -0.4 is 15.4 Å². The number of carbonyl (C=O) groups excluding carboxylic acids is 2. The summed E-state index contributed by atoms with van der Waals surface area (Å²) in [6, 6.07) is 18.7. The summed E-state index contributed by atoms with van der Waals surface area (Å²) in [5.41, 5.74) is 2.30. The van der Waals surface area contributed by atoms with Crippen molar-refractivity contribution in [1.82, 2.24) is 15.2 Å². The Morgan fingerprint density at radius 3 is 2.67 bits per heavy atom. The molecule has 7 nitrogen and oxygen atoms in total. The number of nitrogens with one attached hydrogen (secondary N) is 2. The number of anilines is 1. The number of thiazole rings is 1. The van der Waals surface area contributed by atoms with Gasteiger partial charge in [-0.25, -0.2) is 4.98 Å². The molecule has 0 aliphatic carbocycles. The third kappa shape index (κ3) is 6.45. The van der Waals surface area contributed by atoms with E-state index in [0.717, 1.165) is 44.0 Å². The van der Waals surface area contributed by atoms with Gasteiger partial charge in [-0.1, -0.05) is 35.5 Å². The van der Waals surface area contributed by atoms with Gasteiger partial charge in [-0.3, -0.25) is 9.59 Å². The number of aromatic nitrogens is 1. The molecule has 0 bridgehead atoms. The molecule has 2 heterocycles. The maximum absolute atomic E-state index is 13.0. The molecule has 200 valence electrons. The van der Waals surface area contributed by atoms with Crippen molar-refractivity contribution >= 4 is 52.2 Å². The van der Waals surface area contributed by atoms with Gasteiger partial charge in [0.25, 0.3) is 11.8 Å². The molecule has 0 saturated heterocycles. The second kappa shape index (κ2) is 12.2. The molecule has 39 heavy (non-hydrogen) atoms. The fourth-order valence-corrected chi connectivity index (χ4v) is 6.28. The van der Waals surface area contributed by atoms with Crippen molar-refractivity contribution in [3.05, 3.63) is 87.9 Å². The number of amides is 2. The van der Waals surface area contributed by atoms with Gasteiger partial charge in [-0.15, -0.1) is 11.3 Å². The Labute approximate surface area is 240 Å². The molecular weight excluding hydrogens is 552 g/mol. The van der Waals surface area contributed by atoms with Crippen LogP contribution in [-0.4, -0.2) is 48.9 Å². The van der Waals surface area contributed by atoms with Crippen LogP contribution in [0.4, 0.5) is 5.69 Å². The second-order valence-electron chi connectivity index (χ2n) is 9.20. The Morgan fingerprint density at radius 2 is 1.87 bits per heavy atom. The number of carbonyl (C=O) groups is 2. The third-order valence-electron chi connectivity index (χ3n) is 6.03. The summed E-state index contributed by atoms with van der Waals surface area (Å²) >= 11 is 9.58. The van der Waals surface area contributed by atoms with E-state index in [4.69, 9.17) is 16.3 Å². The Bertz CT molecular complexity index is 1500. The predicted octanol–water partition coefficient (Wildman–Crippen LogP) is 6.44. The van der Waals surface area contributed by atoms with E-state index in [1.165, 1.54) is 23.1 Å². The normalized spacial score (nSPS) is 12.4. The van der Waals surface area contributed by atoms with Crippen LogP contribution >= 0.6 is 34.7 Å². The summed E-state index contributed by atoms with van der Waals surface area (Å²) in [5, 5.41) is 6.87. The SMILES string of the molecule is CN(C)CCCOc1ccc(-c2ncc(CNC(=O)c3ccc4c(c3Cl)NC(=O)c3ccccc3S4)s2)cc1. The van der Waals surface area contributed by atoms with Gasteiger partial charge in [0.05, 0.1) is 35.0 Å². The topological polar surface area (TPSA) is 83.6 Å². The number of hydrogen-bond acceptors (Lipinski definition) is 7. The molecule has 0 spiro atoms. The van der Waals surface area contributed by atoms with Crippen LogP contribution in [0, 0.1) is 0 Å². The van der Waals surface area contributed by atoms with Gasteiger partial charge in [-0.2, -0.15) is 0 Å². The van der Waals surface area contributed by atoms with Crippen LogP contribution in [0.2, 0.25) is 5.02 Å². The fraction of sp³-hybridized carbons (Fsp3) is 0.207. The highest BCUT2D eigenvalue weighted by atomic mass is 35.5. The lowest BCUT2D eigenvalue weighted by atomic mass is 10.1. The summed E-state index contributed by atoms with van der Waals surface area (Å²) in [6.45, 7) is 1.97. The molecule has 0 atom stereocenters. The monoisotopic (exact) mass is 578 g/mol. The van der Waals surface area contributed by atoms with E-state index in [-0.39, 0.29) is 16.8 Å². The number of benzene rings is 3. The number of nitrogens with zero attached hydrogens (tertiary/aromatic N) is 2. The van der Waals surface area contributed by atoms with Crippen molar-refractivity contribution in [2.75, 3.05) is 32.6 Å². The van der Waals surface area contributed by atoms with Gasteiger partial charge in [0.15, 0.2) is 0 Å². The summed E-state index contributed by atoms with van der Waals surface area (Å²) < 4.78 is 5.81. The summed E-state index contributed by atoms with van der Waals surface area (Å²) in [6.07, 6.45) is 2.73. The highest BCUT2D eigenvalue weighted by Gasteiger charge is 2.24. The predicted molar refractivity (Wildman–Crippen MR) is 157 cm³/mol. The van der Waals surface area contributed by atoms with Gasteiger partial charge >= 0.3 is 0 Å². The van der Waals surface area contributed by atoms with Crippen molar-refractivity contribution in [2.24, 2.45) is 0 Å². The Hall–Kier alpha value is -3.37. The molecule has 1 aliphatic rings. The largest absolute Gasteiger partial charge is 0.494 e. The maximum Gasteiger partial charge on any atom is 0.256 e. The molecule has 0 fully saturated rings. The van der Waals surface area contributed by atoms with Crippen molar-refractivity contribution in [3.8, 4) is 16.3 Å². The molecule has 0 radical (unpaired) electrons. The van der Waals surface area contributed by atoms with Crippen LogP contribution in [0.3, 0.4) is 0 Å². The van der Waals surface area contributed by atoms with E-state index in [2.05, 4.69) is 20.5 Å². The van der Waals surface area contributed by atoms with Crippen LogP contribution in [0.1, 0.15) is 32.0 Å². The summed E-state index contributed by atoms with van der Waals surface area (Å²) in [4.78, 5) is 34.9. The maximum atomic E-state index is 13.0. The lowest BCUT2D eigenvalue weighted by molar-refractivity contribution is 0.0950. The van der Waals surface area contributed by atoms with Gasteiger partial charge < -0.3 is 20.3 Å². The Morgan fingerprint density at radius 1 is 1.08 bits per heavy atom. The first kappa shape index (κ1) is 27.2. The van der Waals surface area contributed by atoms with Crippen LogP contribution in [-0.2, 0) is 6.54 Å². The molecule has 0 unspecified atom stereocenters. The van der Waals surface area contributed by atoms with Gasteiger partial charge in [0.1, 0.15) is 10.8 Å². The van der Waals surface area contributed by atoms with Gasteiger partial charge in [0.2, 0.25) is 0 Å². The van der Waals surface area contributed by atoms with Gasteiger partial charge in [0, 0.05) is 33.0 Å². The zero-order valence-electron chi connectivity index (χ0n) is 21.5. The van der Waals surface area contributed by atoms with Crippen molar-refractivity contribution in [3.63, 3.8) is 0 Å². The smallest absolute Gasteiger partial charge is 0.256 e. The van der Waals surface area contributed by atoms with E-state index >= 15 is 0 Å². The molecule has 0 saturated carbocycles. The second-order valence-corrected chi connectivity index (χ2v) is 11.8. The highest BCUT2D eigenvalue weighted by Crippen LogP contribution is 2.43. The summed E-state index contributed by atoms with van der Waals surface area (Å²) in [7, 11) is 4.10. The molecule has 3 aromatic carbocycles. The molecule has 1 aromatic heterocycles. The van der Waals surface area contributed by atoms with Crippen LogP contribution in [0.25, 0.3) is 10.6 Å². The molecule has 1 aliphatic heterocycles. The zero-order chi connectivity index (χ0) is 27.4. The summed E-state index contributed by atoms with van der Waals surface area (Å²) in [5.74, 6) is 0.254. The first-order valence-electron chi connectivity index (χ1n) is 12.4. The quantitative estimate of drug-likeness (QED) is 0.222. The minimum Gasteiger partial charge on any atom is -0.494 e. The molecular formula is C29H27ClN4O3S2. The number of hydrogen-bond donors (Lipinski definition) is 2. The average Bonchev–Trinajstić information content (AvgIpc) is 3.35. The van der Waals surface area contributed by atoms with Crippen molar-refractivity contribution in [1.29, 1.82) is 0 Å². The fourth-order valence-electron chi connectivity index (χ4n) is 4.03. The minimum atomic E-state index is -0.325. The number of fused-ring (bicyclic) bond motifs is 2. The number of ether oxygens (including phenoxy) is 1. The molecule has 2 amide bonds. The molecule has 10 heteroatoms. The highest BCUT2D eigenvalue weighted by molar-refractivity contribution is 7.99. The molecule has 2 N–H and O–H groups in total. The molecule has 5 rings (SSSR count).